The Kier molecular flexibility index (Phi) is 4.66. The summed E-state index contributed by atoms with van der Waals surface area (Å²) in [7, 11) is 4.91. The van der Waals surface area contributed by atoms with Gasteiger partial charge in [0, 0.05) is 24.4 Å². The van der Waals surface area contributed by atoms with Crippen molar-refractivity contribution in [1.29, 1.82) is 0 Å². The van der Waals surface area contributed by atoms with Gasteiger partial charge in [-0.05, 0) is 12.8 Å². The Labute approximate surface area is 114 Å². The van der Waals surface area contributed by atoms with Crippen LogP contribution in [0.5, 0.6) is 17.2 Å². The fourth-order valence-electron chi connectivity index (χ4n) is 2.39. The zero-order valence-corrected chi connectivity index (χ0v) is 11.8. The molecule has 2 rings (SSSR count). The Balaban J connectivity index is 2.30. The molecule has 4 nitrogen and oxygen atoms in total. The van der Waals surface area contributed by atoms with Gasteiger partial charge in [-0.25, -0.2) is 0 Å². The highest BCUT2D eigenvalue weighted by Gasteiger charge is 2.15. The first-order chi connectivity index (χ1) is 9.28. The van der Waals surface area contributed by atoms with E-state index in [1.165, 1.54) is 25.7 Å². The molecule has 1 aromatic carbocycles. The van der Waals surface area contributed by atoms with E-state index in [-0.39, 0.29) is 0 Å². The minimum absolute atomic E-state index is 0.441. The quantitative estimate of drug-likeness (QED) is 0.766. The van der Waals surface area contributed by atoms with E-state index in [1.807, 2.05) is 18.3 Å². The second kappa shape index (κ2) is 6.45. The molecule has 0 amide bonds. The molecule has 1 fully saturated rings. The van der Waals surface area contributed by atoms with Gasteiger partial charge in [-0.3, -0.25) is 4.99 Å². The molecular formula is C15H21NO3. The first-order valence-corrected chi connectivity index (χ1v) is 6.61. The van der Waals surface area contributed by atoms with Crippen molar-refractivity contribution in [3.63, 3.8) is 0 Å². The standard InChI is InChI=1S/C15H21NO3/c1-17-12-8-14(18-2)13(15(9-12)19-3)10-16-11-6-4-5-7-11/h8-11H,4-7H2,1-3H3. The van der Waals surface area contributed by atoms with Crippen LogP contribution >= 0.6 is 0 Å². The minimum atomic E-state index is 0.441. The number of methoxy groups -OCH3 is 3. The summed E-state index contributed by atoms with van der Waals surface area (Å²) in [6.45, 7) is 0. The van der Waals surface area contributed by atoms with Gasteiger partial charge >= 0.3 is 0 Å². The van der Waals surface area contributed by atoms with Crippen LogP contribution < -0.4 is 14.2 Å². The van der Waals surface area contributed by atoms with E-state index >= 15 is 0 Å². The smallest absolute Gasteiger partial charge is 0.135 e. The molecule has 0 heterocycles. The number of nitrogens with zero attached hydrogens (tertiary/aromatic N) is 1. The lowest BCUT2D eigenvalue weighted by atomic mass is 10.1. The molecule has 104 valence electrons. The maximum absolute atomic E-state index is 5.39. The fraction of sp³-hybridized carbons (Fsp3) is 0.533. The zero-order chi connectivity index (χ0) is 13.7. The van der Waals surface area contributed by atoms with Gasteiger partial charge in [0.1, 0.15) is 17.2 Å². The summed E-state index contributed by atoms with van der Waals surface area (Å²) in [4.78, 5) is 4.64. The van der Waals surface area contributed by atoms with Crippen LogP contribution in [0.1, 0.15) is 31.2 Å². The molecule has 0 spiro atoms. The van der Waals surface area contributed by atoms with Crippen molar-refractivity contribution in [3.05, 3.63) is 17.7 Å². The summed E-state index contributed by atoms with van der Waals surface area (Å²) in [5, 5.41) is 0. The van der Waals surface area contributed by atoms with Crippen LogP contribution in [0.2, 0.25) is 0 Å². The summed E-state index contributed by atoms with van der Waals surface area (Å²) >= 11 is 0. The maximum Gasteiger partial charge on any atom is 0.135 e. The zero-order valence-electron chi connectivity index (χ0n) is 11.8. The predicted molar refractivity (Wildman–Crippen MR) is 75.9 cm³/mol. The third-order valence-electron chi connectivity index (χ3n) is 3.49. The van der Waals surface area contributed by atoms with Gasteiger partial charge < -0.3 is 14.2 Å². The second-order valence-corrected chi connectivity index (χ2v) is 4.66. The molecule has 0 N–H and O–H groups in total. The highest BCUT2D eigenvalue weighted by molar-refractivity contribution is 5.88. The van der Waals surface area contributed by atoms with Crippen LogP contribution in [0.15, 0.2) is 17.1 Å². The number of aliphatic imine (C=N–C) groups is 1. The van der Waals surface area contributed by atoms with Crippen LogP contribution in [-0.4, -0.2) is 33.6 Å². The van der Waals surface area contributed by atoms with Crippen molar-refractivity contribution < 1.29 is 14.2 Å². The molecular weight excluding hydrogens is 242 g/mol. The second-order valence-electron chi connectivity index (χ2n) is 4.66. The van der Waals surface area contributed by atoms with Crippen LogP contribution in [0.25, 0.3) is 0 Å². The minimum Gasteiger partial charge on any atom is -0.496 e. The number of rotatable bonds is 5. The van der Waals surface area contributed by atoms with E-state index in [1.54, 1.807) is 21.3 Å². The highest BCUT2D eigenvalue weighted by Crippen LogP contribution is 2.33. The van der Waals surface area contributed by atoms with E-state index in [0.717, 1.165) is 17.1 Å². The molecule has 1 aliphatic rings. The summed E-state index contributed by atoms with van der Waals surface area (Å²) in [6, 6.07) is 4.13. The van der Waals surface area contributed by atoms with Gasteiger partial charge in [-0.1, -0.05) is 12.8 Å². The molecule has 0 atom stereocenters. The van der Waals surface area contributed by atoms with E-state index in [4.69, 9.17) is 14.2 Å². The molecule has 0 bridgehead atoms. The van der Waals surface area contributed by atoms with Crippen molar-refractivity contribution >= 4 is 6.21 Å². The van der Waals surface area contributed by atoms with Gasteiger partial charge in [0.2, 0.25) is 0 Å². The van der Waals surface area contributed by atoms with Crippen LogP contribution in [0, 0.1) is 0 Å². The summed E-state index contributed by atoms with van der Waals surface area (Å²) < 4.78 is 16.0. The fourth-order valence-corrected chi connectivity index (χ4v) is 2.39. The molecule has 1 saturated carbocycles. The Bertz CT molecular complexity index is 426. The Morgan fingerprint density at radius 1 is 1.00 bits per heavy atom. The predicted octanol–water partition coefficient (Wildman–Crippen LogP) is 3.07. The van der Waals surface area contributed by atoms with E-state index in [0.29, 0.717) is 11.8 Å². The van der Waals surface area contributed by atoms with E-state index in [2.05, 4.69) is 4.99 Å². The van der Waals surface area contributed by atoms with Crippen molar-refractivity contribution in [2.75, 3.05) is 21.3 Å². The maximum atomic E-state index is 5.39. The third-order valence-corrected chi connectivity index (χ3v) is 3.49. The lowest BCUT2D eigenvalue weighted by Crippen LogP contribution is -2.01. The van der Waals surface area contributed by atoms with E-state index < -0.39 is 0 Å². The van der Waals surface area contributed by atoms with Gasteiger partial charge in [0.05, 0.1) is 26.9 Å². The van der Waals surface area contributed by atoms with Crippen LogP contribution in [0.3, 0.4) is 0 Å². The van der Waals surface area contributed by atoms with Crippen molar-refractivity contribution in [2.24, 2.45) is 4.99 Å². The van der Waals surface area contributed by atoms with Crippen molar-refractivity contribution in [3.8, 4) is 17.2 Å². The Morgan fingerprint density at radius 3 is 2.05 bits per heavy atom. The van der Waals surface area contributed by atoms with E-state index in [9.17, 15) is 0 Å². The molecule has 0 unspecified atom stereocenters. The molecule has 4 heteroatoms. The third kappa shape index (κ3) is 3.19. The summed E-state index contributed by atoms with van der Waals surface area (Å²) in [6.07, 6.45) is 6.78. The first-order valence-electron chi connectivity index (χ1n) is 6.61. The molecule has 1 aliphatic carbocycles. The highest BCUT2D eigenvalue weighted by atomic mass is 16.5. The number of hydrogen-bond acceptors (Lipinski definition) is 4. The lowest BCUT2D eigenvalue weighted by Gasteiger charge is -2.12. The molecule has 0 radical (unpaired) electrons. The SMILES string of the molecule is COc1cc(OC)c(C=NC2CCCC2)c(OC)c1. The van der Waals surface area contributed by atoms with Gasteiger partial charge in [0.15, 0.2) is 0 Å². The van der Waals surface area contributed by atoms with Crippen LogP contribution in [0.4, 0.5) is 0 Å². The average Bonchev–Trinajstić information content (AvgIpc) is 2.97. The van der Waals surface area contributed by atoms with Crippen molar-refractivity contribution in [1.82, 2.24) is 0 Å². The normalized spacial score (nSPS) is 15.9. The number of ether oxygens (including phenoxy) is 3. The molecule has 0 aliphatic heterocycles. The lowest BCUT2D eigenvalue weighted by molar-refractivity contribution is 0.374. The first kappa shape index (κ1) is 13.7. The molecule has 0 aromatic heterocycles. The number of benzene rings is 1. The average molecular weight is 263 g/mol. The van der Waals surface area contributed by atoms with Crippen molar-refractivity contribution in [2.45, 2.75) is 31.7 Å². The molecule has 19 heavy (non-hydrogen) atoms. The topological polar surface area (TPSA) is 40.0 Å². The molecule has 0 saturated heterocycles. The Hall–Kier alpha value is -1.71. The largest absolute Gasteiger partial charge is 0.496 e. The van der Waals surface area contributed by atoms with Gasteiger partial charge in [-0.2, -0.15) is 0 Å². The molecule has 1 aromatic rings. The summed E-state index contributed by atoms with van der Waals surface area (Å²) in [5.41, 5.74) is 0.873. The number of hydrogen-bond donors (Lipinski definition) is 0. The monoisotopic (exact) mass is 263 g/mol. The van der Waals surface area contributed by atoms with Gasteiger partial charge in [0.25, 0.3) is 0 Å². The van der Waals surface area contributed by atoms with Crippen LogP contribution in [-0.2, 0) is 0 Å². The Morgan fingerprint density at radius 2 is 1.58 bits per heavy atom. The summed E-state index contributed by atoms with van der Waals surface area (Å²) in [5.74, 6) is 2.16. The van der Waals surface area contributed by atoms with Gasteiger partial charge in [-0.15, -0.1) is 0 Å².